The Hall–Kier alpha value is -0.260. The van der Waals surface area contributed by atoms with Crippen LogP contribution in [0.15, 0.2) is 0 Å². The van der Waals surface area contributed by atoms with E-state index in [9.17, 15) is 4.79 Å². The van der Waals surface area contributed by atoms with Gasteiger partial charge in [-0.1, -0.05) is 19.3 Å². The molecular weight excluding hydrogens is 270 g/mol. The van der Waals surface area contributed by atoms with Crippen LogP contribution in [-0.2, 0) is 4.79 Å². The maximum absolute atomic E-state index is 12.2. The summed E-state index contributed by atoms with van der Waals surface area (Å²) >= 11 is 1.99. The maximum Gasteiger partial charge on any atom is 0.236 e. The number of nitrogens with one attached hydrogen (secondary N) is 1. The fourth-order valence-electron chi connectivity index (χ4n) is 3.21. The average Bonchev–Trinajstić information content (AvgIpc) is 2.49. The van der Waals surface area contributed by atoms with E-state index in [4.69, 9.17) is 0 Å². The fourth-order valence-corrected chi connectivity index (χ4v) is 4.16. The minimum atomic E-state index is 0.269. The van der Waals surface area contributed by atoms with Crippen LogP contribution in [0.4, 0.5) is 0 Å². The van der Waals surface area contributed by atoms with Crippen LogP contribution in [0.1, 0.15) is 32.1 Å². The number of carbonyl (C=O) groups excluding carboxylic acids is 1. The molecule has 1 aliphatic carbocycles. The third-order valence-electron chi connectivity index (χ3n) is 4.78. The van der Waals surface area contributed by atoms with Crippen LogP contribution in [0.3, 0.4) is 0 Å². The Kier molecular flexibility index (Phi) is 6.18. The first-order chi connectivity index (χ1) is 9.65. The quantitative estimate of drug-likeness (QED) is 0.833. The van der Waals surface area contributed by atoms with Crippen molar-refractivity contribution in [2.24, 2.45) is 0 Å². The van der Waals surface area contributed by atoms with E-state index in [2.05, 4.69) is 23.5 Å². The van der Waals surface area contributed by atoms with Crippen molar-refractivity contribution < 1.29 is 4.79 Å². The molecule has 1 saturated heterocycles. The standard InChI is InChI=1S/C15H29N3OS/c1-17-8-10-18(11-9-17)14(19)12-16-13-15(20-2)6-4-3-5-7-15/h16H,3-13H2,1-2H3. The van der Waals surface area contributed by atoms with Gasteiger partial charge in [0, 0.05) is 37.5 Å². The van der Waals surface area contributed by atoms with Gasteiger partial charge in [-0.25, -0.2) is 0 Å². The lowest BCUT2D eigenvalue weighted by atomic mass is 9.88. The molecule has 5 heteroatoms. The first-order valence-electron chi connectivity index (χ1n) is 7.87. The summed E-state index contributed by atoms with van der Waals surface area (Å²) in [5.74, 6) is 0.269. The van der Waals surface area contributed by atoms with Crippen molar-refractivity contribution in [3.8, 4) is 0 Å². The molecule has 1 heterocycles. The fraction of sp³-hybridized carbons (Fsp3) is 0.933. The molecule has 1 saturated carbocycles. The third-order valence-corrected chi connectivity index (χ3v) is 6.20. The van der Waals surface area contributed by atoms with Gasteiger partial charge in [0.1, 0.15) is 0 Å². The Morgan fingerprint density at radius 3 is 2.40 bits per heavy atom. The Morgan fingerprint density at radius 1 is 1.15 bits per heavy atom. The minimum Gasteiger partial charge on any atom is -0.339 e. The summed E-state index contributed by atoms with van der Waals surface area (Å²) in [6.45, 7) is 5.25. The number of nitrogens with zero attached hydrogens (tertiary/aromatic N) is 2. The zero-order chi connectivity index (χ0) is 14.4. The number of carbonyl (C=O) groups is 1. The minimum absolute atomic E-state index is 0.269. The van der Waals surface area contributed by atoms with Crippen LogP contribution >= 0.6 is 11.8 Å². The molecule has 0 aromatic heterocycles. The topological polar surface area (TPSA) is 35.6 Å². The van der Waals surface area contributed by atoms with Gasteiger partial charge >= 0.3 is 0 Å². The van der Waals surface area contributed by atoms with E-state index in [-0.39, 0.29) is 5.91 Å². The first kappa shape index (κ1) is 16.1. The SMILES string of the molecule is CSC1(CNCC(=O)N2CCN(C)CC2)CCCCC1. The molecule has 2 aliphatic rings. The molecule has 1 N–H and O–H groups in total. The summed E-state index contributed by atoms with van der Waals surface area (Å²) in [5.41, 5.74) is 0. The van der Waals surface area contributed by atoms with Crippen molar-refractivity contribution >= 4 is 17.7 Å². The summed E-state index contributed by atoms with van der Waals surface area (Å²) in [5, 5.41) is 3.43. The lowest BCUT2D eigenvalue weighted by Crippen LogP contribution is -2.50. The van der Waals surface area contributed by atoms with Crippen LogP contribution in [0.25, 0.3) is 0 Å². The molecule has 0 aromatic carbocycles. The van der Waals surface area contributed by atoms with Gasteiger partial charge in [-0.15, -0.1) is 0 Å². The van der Waals surface area contributed by atoms with Crippen LogP contribution in [0.2, 0.25) is 0 Å². The highest BCUT2D eigenvalue weighted by Crippen LogP contribution is 2.37. The van der Waals surface area contributed by atoms with Crippen molar-refractivity contribution in [1.82, 2.24) is 15.1 Å². The van der Waals surface area contributed by atoms with E-state index in [1.807, 2.05) is 16.7 Å². The number of piperazine rings is 1. The predicted molar refractivity (Wildman–Crippen MR) is 86.3 cm³/mol. The molecular formula is C15H29N3OS. The second-order valence-corrected chi connectivity index (χ2v) is 7.51. The summed E-state index contributed by atoms with van der Waals surface area (Å²) in [6, 6.07) is 0. The zero-order valence-corrected chi connectivity index (χ0v) is 13.8. The highest BCUT2D eigenvalue weighted by atomic mass is 32.2. The smallest absolute Gasteiger partial charge is 0.236 e. The molecule has 4 nitrogen and oxygen atoms in total. The molecule has 0 aromatic rings. The molecule has 0 spiro atoms. The molecule has 0 atom stereocenters. The molecule has 0 bridgehead atoms. The Bertz CT molecular complexity index is 310. The van der Waals surface area contributed by atoms with Crippen LogP contribution in [-0.4, -0.2) is 73.0 Å². The summed E-state index contributed by atoms with van der Waals surface area (Å²) in [4.78, 5) is 16.5. The molecule has 1 amide bonds. The third kappa shape index (κ3) is 4.37. The largest absolute Gasteiger partial charge is 0.339 e. The Labute approximate surface area is 127 Å². The monoisotopic (exact) mass is 299 g/mol. The first-order valence-corrected chi connectivity index (χ1v) is 9.10. The lowest BCUT2D eigenvalue weighted by molar-refractivity contribution is -0.131. The van der Waals surface area contributed by atoms with Gasteiger partial charge in [-0.2, -0.15) is 11.8 Å². The van der Waals surface area contributed by atoms with Crippen molar-refractivity contribution in [2.45, 2.75) is 36.9 Å². The molecule has 1 aliphatic heterocycles. The van der Waals surface area contributed by atoms with Gasteiger partial charge in [0.25, 0.3) is 0 Å². The lowest BCUT2D eigenvalue weighted by Gasteiger charge is -2.36. The second-order valence-electron chi connectivity index (χ2n) is 6.24. The van der Waals surface area contributed by atoms with Crippen LogP contribution in [0, 0.1) is 0 Å². The number of thioether (sulfide) groups is 1. The van der Waals surface area contributed by atoms with Gasteiger partial charge in [0.15, 0.2) is 0 Å². The van der Waals surface area contributed by atoms with E-state index < -0.39 is 0 Å². The summed E-state index contributed by atoms with van der Waals surface area (Å²) < 4.78 is 0.376. The Morgan fingerprint density at radius 2 is 1.80 bits per heavy atom. The maximum atomic E-state index is 12.2. The molecule has 0 unspecified atom stereocenters. The summed E-state index contributed by atoms with van der Waals surface area (Å²) in [7, 11) is 2.12. The van der Waals surface area contributed by atoms with E-state index in [1.165, 1.54) is 32.1 Å². The van der Waals surface area contributed by atoms with E-state index in [0.29, 0.717) is 11.3 Å². The average molecular weight is 299 g/mol. The molecule has 20 heavy (non-hydrogen) atoms. The van der Waals surface area contributed by atoms with Gasteiger partial charge in [-0.3, -0.25) is 4.79 Å². The van der Waals surface area contributed by atoms with Crippen LogP contribution < -0.4 is 5.32 Å². The number of rotatable bonds is 5. The van der Waals surface area contributed by atoms with Crippen molar-refractivity contribution in [3.63, 3.8) is 0 Å². The molecule has 0 radical (unpaired) electrons. The molecule has 2 fully saturated rings. The predicted octanol–water partition coefficient (Wildman–Crippen LogP) is 1.42. The van der Waals surface area contributed by atoms with E-state index >= 15 is 0 Å². The van der Waals surface area contributed by atoms with Gasteiger partial charge < -0.3 is 15.1 Å². The number of amides is 1. The van der Waals surface area contributed by atoms with Gasteiger partial charge in [0.2, 0.25) is 5.91 Å². The second kappa shape index (κ2) is 7.66. The highest BCUT2D eigenvalue weighted by Gasteiger charge is 2.31. The number of likely N-dealkylation sites (N-methyl/N-ethyl adjacent to an activating group) is 1. The van der Waals surface area contributed by atoms with E-state index in [1.54, 1.807) is 0 Å². The van der Waals surface area contributed by atoms with Crippen molar-refractivity contribution in [3.05, 3.63) is 0 Å². The normalized spacial score (nSPS) is 23.8. The van der Waals surface area contributed by atoms with Crippen molar-refractivity contribution in [1.29, 1.82) is 0 Å². The number of hydrogen-bond donors (Lipinski definition) is 1. The number of hydrogen-bond acceptors (Lipinski definition) is 4. The zero-order valence-electron chi connectivity index (χ0n) is 13.0. The van der Waals surface area contributed by atoms with Gasteiger partial charge in [0.05, 0.1) is 6.54 Å². The van der Waals surface area contributed by atoms with E-state index in [0.717, 1.165) is 32.7 Å². The Balaban J connectivity index is 1.70. The van der Waals surface area contributed by atoms with Crippen LogP contribution in [0.5, 0.6) is 0 Å². The molecule has 2 rings (SSSR count). The van der Waals surface area contributed by atoms with Crippen molar-refractivity contribution in [2.75, 3.05) is 52.6 Å². The van der Waals surface area contributed by atoms with Gasteiger partial charge in [-0.05, 0) is 26.1 Å². The highest BCUT2D eigenvalue weighted by molar-refractivity contribution is 8.00. The molecule has 116 valence electrons. The summed E-state index contributed by atoms with van der Waals surface area (Å²) in [6.07, 6.45) is 8.87.